The third kappa shape index (κ3) is 3.75. The zero-order valence-electron chi connectivity index (χ0n) is 13.1. The molecule has 2 N–H and O–H groups in total. The predicted molar refractivity (Wildman–Crippen MR) is 92.5 cm³/mol. The van der Waals surface area contributed by atoms with E-state index in [1.54, 1.807) is 22.9 Å². The molecule has 0 bridgehead atoms. The van der Waals surface area contributed by atoms with Crippen LogP contribution in [-0.4, -0.2) is 31.9 Å². The quantitative estimate of drug-likeness (QED) is 0.747. The van der Waals surface area contributed by atoms with Crippen LogP contribution in [0, 0.1) is 0 Å². The Balaban J connectivity index is 1.63. The van der Waals surface area contributed by atoms with E-state index in [1.807, 2.05) is 36.1 Å². The summed E-state index contributed by atoms with van der Waals surface area (Å²) in [6.07, 6.45) is 5.88. The SMILES string of the molecule is Cn1ncnc1CCNC(=O)Nc1ccc(Cl)cc1-n1cccc1. The van der Waals surface area contributed by atoms with Gasteiger partial charge in [0.2, 0.25) is 0 Å². The maximum absolute atomic E-state index is 12.1. The number of amides is 2. The highest BCUT2D eigenvalue weighted by molar-refractivity contribution is 6.30. The third-order valence-electron chi connectivity index (χ3n) is 3.53. The second kappa shape index (κ2) is 7.18. The Morgan fingerprint density at radius 1 is 1.29 bits per heavy atom. The standard InChI is InChI=1S/C16H17ClN6O/c1-22-15(19-11-20-22)6-7-18-16(24)21-13-5-4-12(17)10-14(13)23-8-2-3-9-23/h2-5,8-11H,6-7H2,1H3,(H2,18,21,24). The summed E-state index contributed by atoms with van der Waals surface area (Å²) in [7, 11) is 1.82. The first-order valence-electron chi connectivity index (χ1n) is 7.44. The van der Waals surface area contributed by atoms with Crippen molar-refractivity contribution in [3.8, 4) is 5.69 Å². The summed E-state index contributed by atoms with van der Waals surface area (Å²) in [6.45, 7) is 0.463. The number of halogens is 1. The maximum atomic E-state index is 12.1. The van der Waals surface area contributed by atoms with Crippen molar-refractivity contribution in [1.29, 1.82) is 0 Å². The number of carbonyl (C=O) groups excluding carboxylic acids is 1. The first kappa shape index (κ1) is 16.1. The number of aromatic nitrogens is 4. The van der Waals surface area contributed by atoms with Crippen molar-refractivity contribution in [2.45, 2.75) is 6.42 Å². The molecule has 0 unspecified atom stereocenters. The van der Waals surface area contributed by atoms with Crippen LogP contribution in [0.3, 0.4) is 0 Å². The zero-order valence-corrected chi connectivity index (χ0v) is 13.9. The van der Waals surface area contributed by atoms with Crippen molar-refractivity contribution in [3.05, 3.63) is 59.9 Å². The number of carbonyl (C=O) groups is 1. The second-order valence-corrected chi connectivity index (χ2v) is 5.62. The summed E-state index contributed by atoms with van der Waals surface area (Å²) in [5.74, 6) is 0.815. The van der Waals surface area contributed by atoms with E-state index in [9.17, 15) is 4.79 Å². The van der Waals surface area contributed by atoms with Crippen LogP contribution in [0.4, 0.5) is 10.5 Å². The van der Waals surface area contributed by atoms with Crippen LogP contribution in [-0.2, 0) is 13.5 Å². The lowest BCUT2D eigenvalue weighted by atomic mass is 10.2. The van der Waals surface area contributed by atoms with Gasteiger partial charge >= 0.3 is 6.03 Å². The fraction of sp³-hybridized carbons (Fsp3) is 0.188. The molecule has 3 aromatic rings. The molecule has 0 fully saturated rings. The van der Waals surface area contributed by atoms with Gasteiger partial charge in [0.25, 0.3) is 0 Å². The van der Waals surface area contributed by atoms with E-state index in [0.29, 0.717) is 23.7 Å². The Morgan fingerprint density at radius 3 is 2.79 bits per heavy atom. The van der Waals surface area contributed by atoms with Gasteiger partial charge in [0.1, 0.15) is 12.2 Å². The van der Waals surface area contributed by atoms with Crippen molar-refractivity contribution < 1.29 is 4.79 Å². The van der Waals surface area contributed by atoms with E-state index >= 15 is 0 Å². The highest BCUT2D eigenvalue weighted by atomic mass is 35.5. The number of hydrogen-bond acceptors (Lipinski definition) is 3. The van der Waals surface area contributed by atoms with Crippen molar-refractivity contribution in [2.75, 3.05) is 11.9 Å². The summed E-state index contributed by atoms with van der Waals surface area (Å²) >= 11 is 6.07. The highest BCUT2D eigenvalue weighted by Gasteiger charge is 2.09. The van der Waals surface area contributed by atoms with Gasteiger partial charge in [-0.05, 0) is 30.3 Å². The molecule has 0 aliphatic heterocycles. The number of anilines is 1. The van der Waals surface area contributed by atoms with Gasteiger partial charge in [0.05, 0.1) is 11.4 Å². The monoisotopic (exact) mass is 344 g/mol. The molecule has 0 spiro atoms. The molecule has 3 rings (SSSR count). The second-order valence-electron chi connectivity index (χ2n) is 5.18. The molecule has 2 aromatic heterocycles. The average molecular weight is 345 g/mol. The number of benzene rings is 1. The zero-order chi connectivity index (χ0) is 16.9. The van der Waals surface area contributed by atoms with E-state index in [0.717, 1.165) is 11.5 Å². The first-order chi connectivity index (χ1) is 11.6. The van der Waals surface area contributed by atoms with E-state index in [-0.39, 0.29) is 6.03 Å². The fourth-order valence-corrected chi connectivity index (χ4v) is 2.49. The number of rotatable bonds is 5. The smallest absolute Gasteiger partial charge is 0.319 e. The van der Waals surface area contributed by atoms with Crippen LogP contribution >= 0.6 is 11.6 Å². The molecule has 24 heavy (non-hydrogen) atoms. The molecule has 8 heteroatoms. The fourth-order valence-electron chi connectivity index (χ4n) is 2.32. The van der Waals surface area contributed by atoms with E-state index in [1.165, 1.54) is 6.33 Å². The molecule has 0 saturated heterocycles. The summed E-state index contributed by atoms with van der Waals surface area (Å²) < 4.78 is 3.57. The van der Waals surface area contributed by atoms with E-state index in [4.69, 9.17) is 11.6 Å². The van der Waals surface area contributed by atoms with E-state index in [2.05, 4.69) is 20.7 Å². The van der Waals surface area contributed by atoms with Crippen molar-refractivity contribution in [2.24, 2.45) is 7.05 Å². The van der Waals surface area contributed by atoms with Crippen LogP contribution in [0.15, 0.2) is 49.1 Å². The summed E-state index contributed by atoms with van der Waals surface area (Å²) in [4.78, 5) is 16.2. The van der Waals surface area contributed by atoms with Gasteiger partial charge in [0.15, 0.2) is 0 Å². The molecule has 2 heterocycles. The lowest BCUT2D eigenvalue weighted by Crippen LogP contribution is -2.31. The van der Waals surface area contributed by atoms with Gasteiger partial charge in [-0.25, -0.2) is 9.78 Å². The number of urea groups is 1. The minimum absolute atomic E-state index is 0.284. The minimum atomic E-state index is -0.284. The van der Waals surface area contributed by atoms with E-state index < -0.39 is 0 Å². The predicted octanol–water partition coefficient (Wildman–Crippen LogP) is 2.62. The molecule has 7 nitrogen and oxygen atoms in total. The molecule has 0 aliphatic rings. The number of nitrogens with zero attached hydrogens (tertiary/aromatic N) is 4. The molecule has 0 saturated carbocycles. The highest BCUT2D eigenvalue weighted by Crippen LogP contribution is 2.24. The van der Waals surface area contributed by atoms with Gasteiger partial charge < -0.3 is 15.2 Å². The summed E-state index contributed by atoms with van der Waals surface area (Å²) in [5, 5.41) is 10.3. The molecule has 0 radical (unpaired) electrons. The lowest BCUT2D eigenvalue weighted by Gasteiger charge is -2.13. The van der Waals surface area contributed by atoms with Gasteiger partial charge in [-0.1, -0.05) is 11.6 Å². The van der Waals surface area contributed by atoms with Crippen LogP contribution in [0.5, 0.6) is 0 Å². The van der Waals surface area contributed by atoms with Crippen LogP contribution in [0.2, 0.25) is 5.02 Å². The molecular weight excluding hydrogens is 328 g/mol. The Hall–Kier alpha value is -2.80. The van der Waals surface area contributed by atoms with Crippen LogP contribution in [0.25, 0.3) is 5.69 Å². The molecule has 0 atom stereocenters. The van der Waals surface area contributed by atoms with Crippen molar-refractivity contribution in [3.63, 3.8) is 0 Å². The molecular formula is C16H17ClN6O. The Bertz CT molecular complexity index is 827. The number of aryl methyl sites for hydroxylation is 1. The topological polar surface area (TPSA) is 76.8 Å². The summed E-state index contributed by atoms with van der Waals surface area (Å²) in [6, 6.07) is 8.85. The van der Waals surface area contributed by atoms with Crippen molar-refractivity contribution in [1.82, 2.24) is 24.6 Å². The van der Waals surface area contributed by atoms with Crippen LogP contribution < -0.4 is 10.6 Å². The normalized spacial score (nSPS) is 10.6. The molecule has 0 aliphatic carbocycles. The summed E-state index contributed by atoms with van der Waals surface area (Å²) in [5.41, 5.74) is 1.47. The average Bonchev–Trinajstić information content (AvgIpc) is 3.21. The molecule has 124 valence electrons. The van der Waals surface area contributed by atoms with Gasteiger partial charge in [-0.3, -0.25) is 4.68 Å². The van der Waals surface area contributed by atoms with Crippen LogP contribution in [0.1, 0.15) is 5.82 Å². The largest absolute Gasteiger partial charge is 0.337 e. The Labute approximate surface area is 144 Å². The number of nitrogens with one attached hydrogen (secondary N) is 2. The number of hydrogen-bond donors (Lipinski definition) is 2. The van der Waals surface area contributed by atoms with Gasteiger partial charge in [0, 0.05) is 37.4 Å². The van der Waals surface area contributed by atoms with Gasteiger partial charge in [-0.2, -0.15) is 5.10 Å². The molecule has 2 amide bonds. The Morgan fingerprint density at radius 2 is 2.08 bits per heavy atom. The van der Waals surface area contributed by atoms with Gasteiger partial charge in [-0.15, -0.1) is 0 Å². The minimum Gasteiger partial charge on any atom is -0.337 e. The Kier molecular flexibility index (Phi) is 4.81. The third-order valence-corrected chi connectivity index (χ3v) is 3.77. The maximum Gasteiger partial charge on any atom is 0.319 e. The lowest BCUT2D eigenvalue weighted by molar-refractivity contribution is 0.252. The molecule has 1 aromatic carbocycles. The van der Waals surface area contributed by atoms with Crippen molar-refractivity contribution >= 4 is 23.3 Å². The first-order valence-corrected chi connectivity index (χ1v) is 7.82.